The Labute approximate surface area is 211 Å². The molecule has 2 saturated heterocycles. The average Bonchev–Trinajstić information content (AvgIpc) is 3.52. The third kappa shape index (κ3) is 5.75. The quantitative estimate of drug-likeness (QED) is 0.527. The topological polar surface area (TPSA) is 108 Å². The largest absolute Gasteiger partial charge is 0.415 e. The van der Waals surface area contributed by atoms with E-state index < -0.39 is 0 Å². The van der Waals surface area contributed by atoms with Gasteiger partial charge in [0.25, 0.3) is 0 Å². The number of nitrogens with one attached hydrogen (secondary N) is 1. The zero-order valence-corrected chi connectivity index (χ0v) is 21.2. The second kappa shape index (κ2) is 11.4. The van der Waals surface area contributed by atoms with Gasteiger partial charge >= 0.3 is 6.09 Å². The molecule has 10 heteroatoms. The van der Waals surface area contributed by atoms with Crippen molar-refractivity contribution in [2.75, 3.05) is 41.3 Å². The Morgan fingerprint density at radius 3 is 2.33 bits per heavy atom. The van der Waals surface area contributed by atoms with Crippen molar-refractivity contribution in [3.05, 3.63) is 36.0 Å². The predicted octanol–water partition coefficient (Wildman–Crippen LogP) is 3.61. The Hall–Kier alpha value is -3.69. The number of anilines is 3. The molecule has 1 N–H and O–H groups in total. The van der Waals surface area contributed by atoms with Gasteiger partial charge in [0.15, 0.2) is 5.82 Å². The van der Waals surface area contributed by atoms with Crippen molar-refractivity contribution in [2.24, 2.45) is 0 Å². The highest BCUT2D eigenvalue weighted by atomic mass is 16.6. The summed E-state index contributed by atoms with van der Waals surface area (Å²) in [4.78, 5) is 51.1. The van der Waals surface area contributed by atoms with E-state index in [0.717, 1.165) is 44.6 Å². The molecule has 1 atom stereocenters. The maximum Gasteiger partial charge on any atom is 0.415 e. The second-order valence-corrected chi connectivity index (χ2v) is 9.15. The SMILES string of the molecule is CCN(CC)c1ncc(N2C(=O)CCC2=O)c(NC(C)Cc2ccc(OC(=O)N3CCCC3)cc2)n1. The number of rotatable bonds is 9. The van der Waals surface area contributed by atoms with Crippen LogP contribution in [0.1, 0.15) is 52.0 Å². The van der Waals surface area contributed by atoms with Gasteiger partial charge in [0.2, 0.25) is 17.8 Å². The Balaban J connectivity index is 1.47. The molecular formula is C26H34N6O4. The molecule has 1 unspecified atom stereocenters. The minimum Gasteiger partial charge on any atom is -0.410 e. The fraction of sp³-hybridized carbons (Fsp3) is 0.500. The molecule has 2 aromatic rings. The van der Waals surface area contributed by atoms with E-state index in [2.05, 4.69) is 15.3 Å². The van der Waals surface area contributed by atoms with Gasteiger partial charge in [-0.15, -0.1) is 0 Å². The number of hydrogen-bond acceptors (Lipinski definition) is 8. The van der Waals surface area contributed by atoms with Gasteiger partial charge in [-0.2, -0.15) is 4.98 Å². The zero-order chi connectivity index (χ0) is 25.7. The average molecular weight is 495 g/mol. The van der Waals surface area contributed by atoms with E-state index in [-0.39, 0.29) is 36.8 Å². The lowest BCUT2D eigenvalue weighted by molar-refractivity contribution is -0.121. The van der Waals surface area contributed by atoms with Crippen molar-refractivity contribution >= 4 is 35.4 Å². The lowest BCUT2D eigenvalue weighted by Gasteiger charge is -2.24. The van der Waals surface area contributed by atoms with Gasteiger partial charge in [-0.25, -0.2) is 14.7 Å². The molecule has 2 aliphatic rings. The Morgan fingerprint density at radius 2 is 1.72 bits per heavy atom. The predicted molar refractivity (Wildman–Crippen MR) is 137 cm³/mol. The Morgan fingerprint density at radius 1 is 1.08 bits per heavy atom. The first-order chi connectivity index (χ1) is 17.4. The van der Waals surface area contributed by atoms with Gasteiger partial charge in [0, 0.05) is 45.1 Å². The van der Waals surface area contributed by atoms with E-state index in [1.807, 2.05) is 37.8 Å². The highest BCUT2D eigenvalue weighted by Gasteiger charge is 2.33. The molecule has 0 bridgehead atoms. The first kappa shape index (κ1) is 25.4. The number of hydrogen-bond donors (Lipinski definition) is 1. The summed E-state index contributed by atoms with van der Waals surface area (Å²) >= 11 is 0. The maximum absolute atomic E-state index is 12.4. The summed E-state index contributed by atoms with van der Waals surface area (Å²) in [5.74, 6) is 1.04. The molecule has 3 amide bonds. The van der Waals surface area contributed by atoms with Crippen LogP contribution in [0.25, 0.3) is 0 Å². The molecule has 1 aromatic heterocycles. The molecule has 36 heavy (non-hydrogen) atoms. The van der Waals surface area contributed by atoms with Gasteiger partial charge in [-0.3, -0.25) is 9.59 Å². The van der Waals surface area contributed by atoms with Crippen LogP contribution in [-0.4, -0.2) is 65.0 Å². The van der Waals surface area contributed by atoms with Crippen LogP contribution in [0.3, 0.4) is 0 Å². The summed E-state index contributed by atoms with van der Waals surface area (Å²) in [6, 6.07) is 7.40. The number of carbonyl (C=O) groups excluding carboxylic acids is 3. The highest BCUT2D eigenvalue weighted by molar-refractivity contribution is 6.21. The molecule has 4 rings (SSSR count). The molecule has 0 aliphatic carbocycles. The van der Waals surface area contributed by atoms with Crippen LogP contribution in [0.5, 0.6) is 5.75 Å². The van der Waals surface area contributed by atoms with E-state index in [1.165, 1.54) is 4.90 Å². The van der Waals surface area contributed by atoms with Crippen LogP contribution < -0.4 is 19.9 Å². The van der Waals surface area contributed by atoms with E-state index in [4.69, 9.17) is 4.74 Å². The summed E-state index contributed by atoms with van der Waals surface area (Å²) in [7, 11) is 0. The van der Waals surface area contributed by atoms with Crippen LogP contribution in [-0.2, 0) is 16.0 Å². The number of amides is 3. The summed E-state index contributed by atoms with van der Waals surface area (Å²) in [6.45, 7) is 9.03. The number of likely N-dealkylation sites (tertiary alicyclic amines) is 1. The lowest BCUT2D eigenvalue weighted by atomic mass is 10.1. The van der Waals surface area contributed by atoms with E-state index >= 15 is 0 Å². The van der Waals surface area contributed by atoms with Crippen LogP contribution in [0, 0.1) is 0 Å². The van der Waals surface area contributed by atoms with Crippen LogP contribution in [0.15, 0.2) is 30.5 Å². The molecule has 10 nitrogen and oxygen atoms in total. The standard InChI is InChI=1S/C26H34N6O4/c1-4-30(5-2)25-27-17-21(32-22(33)12-13-23(32)34)24(29-25)28-18(3)16-19-8-10-20(11-9-19)36-26(35)31-14-6-7-15-31/h8-11,17-18H,4-7,12-16H2,1-3H3,(H,27,28,29). The summed E-state index contributed by atoms with van der Waals surface area (Å²) < 4.78 is 5.48. The molecule has 0 saturated carbocycles. The number of ether oxygens (including phenoxy) is 1. The zero-order valence-electron chi connectivity index (χ0n) is 21.2. The third-order valence-corrected chi connectivity index (χ3v) is 6.51. The number of benzene rings is 1. The Kier molecular flexibility index (Phi) is 8.02. The molecule has 192 valence electrons. The lowest BCUT2D eigenvalue weighted by Crippen LogP contribution is -2.32. The van der Waals surface area contributed by atoms with Gasteiger partial charge in [-0.05, 0) is 57.7 Å². The van der Waals surface area contributed by atoms with Gasteiger partial charge in [-0.1, -0.05) is 12.1 Å². The molecule has 2 aliphatic heterocycles. The maximum atomic E-state index is 12.4. The number of imide groups is 1. The molecular weight excluding hydrogens is 460 g/mol. The summed E-state index contributed by atoms with van der Waals surface area (Å²) in [5.41, 5.74) is 1.43. The van der Waals surface area contributed by atoms with Crippen molar-refractivity contribution in [2.45, 2.75) is 58.9 Å². The number of carbonyl (C=O) groups is 3. The number of nitrogens with zero attached hydrogens (tertiary/aromatic N) is 5. The molecule has 3 heterocycles. The van der Waals surface area contributed by atoms with Crippen molar-refractivity contribution in [3.63, 3.8) is 0 Å². The van der Waals surface area contributed by atoms with Crippen molar-refractivity contribution in [3.8, 4) is 5.75 Å². The fourth-order valence-electron chi connectivity index (χ4n) is 4.54. The number of aromatic nitrogens is 2. The minimum atomic E-state index is -0.304. The van der Waals surface area contributed by atoms with Crippen LogP contribution in [0.2, 0.25) is 0 Å². The minimum absolute atomic E-state index is 0.0611. The van der Waals surface area contributed by atoms with Crippen LogP contribution >= 0.6 is 0 Å². The fourth-order valence-corrected chi connectivity index (χ4v) is 4.54. The summed E-state index contributed by atoms with van der Waals surface area (Å²) in [6.07, 6.45) is 4.33. The smallest absolute Gasteiger partial charge is 0.410 e. The monoisotopic (exact) mass is 494 g/mol. The third-order valence-electron chi connectivity index (χ3n) is 6.51. The molecule has 1 aromatic carbocycles. The van der Waals surface area contributed by atoms with Gasteiger partial charge in [0.1, 0.15) is 11.4 Å². The Bertz CT molecular complexity index is 1080. The van der Waals surface area contributed by atoms with Crippen molar-refractivity contribution < 1.29 is 19.1 Å². The summed E-state index contributed by atoms with van der Waals surface area (Å²) in [5, 5.41) is 3.39. The molecule has 0 radical (unpaired) electrons. The first-order valence-electron chi connectivity index (χ1n) is 12.7. The van der Waals surface area contributed by atoms with Crippen molar-refractivity contribution in [1.29, 1.82) is 0 Å². The van der Waals surface area contributed by atoms with Crippen LogP contribution in [0.4, 0.5) is 22.2 Å². The molecule has 2 fully saturated rings. The first-order valence-corrected chi connectivity index (χ1v) is 12.7. The van der Waals surface area contributed by atoms with E-state index in [0.29, 0.717) is 29.6 Å². The van der Waals surface area contributed by atoms with Crippen molar-refractivity contribution in [1.82, 2.24) is 14.9 Å². The van der Waals surface area contributed by atoms with Gasteiger partial charge in [0.05, 0.1) is 6.20 Å². The van der Waals surface area contributed by atoms with Gasteiger partial charge < -0.3 is 19.9 Å². The van der Waals surface area contributed by atoms with E-state index in [9.17, 15) is 14.4 Å². The van der Waals surface area contributed by atoms with E-state index in [1.54, 1.807) is 23.2 Å². The normalized spacial score (nSPS) is 16.4. The second-order valence-electron chi connectivity index (χ2n) is 9.15. The molecule has 0 spiro atoms. The highest BCUT2D eigenvalue weighted by Crippen LogP contribution is 2.30.